The van der Waals surface area contributed by atoms with Crippen LogP contribution in [0.25, 0.3) is 106 Å². The van der Waals surface area contributed by atoms with Crippen LogP contribution in [-0.4, -0.2) is 24.9 Å². The van der Waals surface area contributed by atoms with Crippen LogP contribution in [-0.2, 0) is 0 Å². The van der Waals surface area contributed by atoms with Gasteiger partial charge in [-0.3, -0.25) is 9.13 Å². The van der Waals surface area contributed by atoms with Crippen LogP contribution in [0.3, 0.4) is 0 Å². The Morgan fingerprint density at radius 1 is 0.358 bits per heavy atom. The molecule has 6 heteroatoms. The number of aromatic nitrogens is 4. The highest BCUT2D eigenvalue weighted by Gasteiger charge is 2.20. The number of benzene rings is 11. The van der Waals surface area contributed by atoms with Gasteiger partial charge in [0.05, 0.1) is 22.1 Å². The molecule has 0 bridgehead atoms. The number of para-hydroxylation sites is 2. The van der Waals surface area contributed by atoms with E-state index >= 15 is 0 Å². The third-order valence-corrected chi connectivity index (χ3v) is 16.2. The van der Waals surface area contributed by atoms with E-state index < -0.39 is 0 Å². The summed E-state index contributed by atoms with van der Waals surface area (Å²) in [6.45, 7) is 4.45. The van der Waals surface area contributed by atoms with E-state index in [1.807, 2.05) is 23.9 Å². The second kappa shape index (κ2) is 21.5. The molecule has 1 aliphatic rings. The van der Waals surface area contributed by atoms with E-state index in [0.717, 1.165) is 135 Å². The number of thioether (sulfide) groups is 1. The SMILES string of the molecule is C=C1/C=C\C=C/CSc2cc(N(c3ccc(-c4cccc(-c5ccc6nc(-c7ccccc7)n(-c7ccccc7)c6c5)c4)cc3)c3ccc(-c4cccc(-c5ccc6nc(-c7ccccc7)n(-c7ccccc7)c6c5)c4)cc3)ccc21. The van der Waals surface area contributed by atoms with Crippen LogP contribution >= 0.6 is 11.8 Å². The zero-order chi connectivity index (χ0) is 54.1. The van der Waals surface area contributed by atoms with Gasteiger partial charge >= 0.3 is 0 Å². The van der Waals surface area contributed by atoms with Crippen molar-refractivity contribution in [3.63, 3.8) is 0 Å². The van der Waals surface area contributed by atoms with Crippen molar-refractivity contribution in [3.8, 4) is 78.7 Å². The molecule has 1 aliphatic heterocycles. The van der Waals surface area contributed by atoms with Gasteiger partial charge in [0.15, 0.2) is 0 Å². The summed E-state index contributed by atoms with van der Waals surface area (Å²) in [4.78, 5) is 13.9. The van der Waals surface area contributed by atoms with Gasteiger partial charge in [-0.15, -0.1) is 11.8 Å². The van der Waals surface area contributed by atoms with Gasteiger partial charge in [0.25, 0.3) is 0 Å². The van der Waals surface area contributed by atoms with E-state index in [-0.39, 0.29) is 0 Å². The van der Waals surface area contributed by atoms with Gasteiger partial charge in [0, 0.05) is 50.2 Å². The van der Waals surface area contributed by atoms with E-state index in [4.69, 9.17) is 9.97 Å². The summed E-state index contributed by atoms with van der Waals surface area (Å²) in [7, 11) is 0. The number of rotatable bonds is 11. The molecule has 0 amide bonds. The van der Waals surface area contributed by atoms with Crippen molar-refractivity contribution in [1.82, 2.24) is 19.1 Å². The van der Waals surface area contributed by atoms with Gasteiger partial charge in [-0.1, -0.05) is 207 Å². The Morgan fingerprint density at radius 2 is 0.765 bits per heavy atom. The van der Waals surface area contributed by atoms with Crippen LogP contribution in [0.5, 0.6) is 0 Å². The van der Waals surface area contributed by atoms with Gasteiger partial charge < -0.3 is 4.90 Å². The van der Waals surface area contributed by atoms with Crippen LogP contribution in [0, 0.1) is 0 Å². The molecule has 11 aromatic carbocycles. The largest absolute Gasteiger partial charge is 0.310 e. The average Bonchev–Trinajstić information content (AvgIpc) is 4.32. The number of anilines is 3. The topological polar surface area (TPSA) is 38.9 Å². The van der Waals surface area contributed by atoms with Crippen molar-refractivity contribution >= 4 is 56.5 Å². The van der Waals surface area contributed by atoms with Crippen LogP contribution in [0.4, 0.5) is 17.1 Å². The molecule has 14 rings (SSSR count). The number of hydrogen-bond donors (Lipinski definition) is 0. The zero-order valence-electron chi connectivity index (χ0n) is 44.3. The molecule has 0 N–H and O–H groups in total. The Hall–Kier alpha value is -10.3. The molecule has 13 aromatic rings. The third kappa shape index (κ3) is 9.69. The molecule has 0 saturated heterocycles. The minimum absolute atomic E-state index is 0.869. The number of imidazole rings is 2. The summed E-state index contributed by atoms with van der Waals surface area (Å²) < 4.78 is 4.55. The molecule has 3 heterocycles. The predicted molar refractivity (Wildman–Crippen MR) is 341 cm³/mol. The molecule has 5 nitrogen and oxygen atoms in total. The Morgan fingerprint density at radius 3 is 1.25 bits per heavy atom. The van der Waals surface area contributed by atoms with Crippen LogP contribution in [0.15, 0.2) is 309 Å². The maximum absolute atomic E-state index is 5.16. The molecular weight excluding hydrogens is 1000 g/mol. The van der Waals surface area contributed by atoms with Crippen LogP contribution < -0.4 is 4.90 Å². The van der Waals surface area contributed by atoms with E-state index in [1.54, 1.807) is 0 Å². The molecule has 0 spiro atoms. The highest BCUT2D eigenvalue weighted by molar-refractivity contribution is 7.99. The fourth-order valence-electron chi connectivity index (χ4n) is 11.1. The van der Waals surface area contributed by atoms with Crippen LogP contribution in [0.1, 0.15) is 5.56 Å². The van der Waals surface area contributed by atoms with E-state index in [0.29, 0.717) is 0 Å². The van der Waals surface area contributed by atoms with Crippen molar-refractivity contribution < 1.29 is 0 Å². The number of nitrogens with zero attached hydrogens (tertiary/aromatic N) is 5. The molecule has 0 fully saturated rings. The Kier molecular flexibility index (Phi) is 13.0. The smallest absolute Gasteiger partial charge is 0.145 e. The summed E-state index contributed by atoms with van der Waals surface area (Å²) in [5.74, 6) is 2.71. The number of fused-ring (bicyclic) bond motifs is 3. The normalized spacial score (nSPS) is 13.1. The summed E-state index contributed by atoms with van der Waals surface area (Å²) in [5, 5.41) is 0. The van der Waals surface area contributed by atoms with Crippen molar-refractivity contribution in [2.75, 3.05) is 10.7 Å². The average molecular weight is 1060 g/mol. The Balaban J connectivity index is 0.799. The maximum atomic E-state index is 5.16. The first-order valence-electron chi connectivity index (χ1n) is 27.3. The van der Waals surface area contributed by atoms with E-state index in [1.165, 1.54) is 4.90 Å². The second-order valence-electron chi connectivity index (χ2n) is 20.2. The minimum Gasteiger partial charge on any atom is -0.310 e. The molecule has 81 heavy (non-hydrogen) atoms. The predicted octanol–water partition coefficient (Wildman–Crippen LogP) is 20.1. The highest BCUT2D eigenvalue weighted by atomic mass is 32.2. The second-order valence-corrected chi connectivity index (χ2v) is 21.3. The van der Waals surface area contributed by atoms with Crippen molar-refractivity contribution in [2.24, 2.45) is 0 Å². The number of hydrogen-bond acceptors (Lipinski definition) is 4. The lowest BCUT2D eigenvalue weighted by Gasteiger charge is -2.27. The Bertz CT molecular complexity index is 4250. The number of allylic oxidation sites excluding steroid dienone is 4. The standard InChI is InChI=1S/C75H53N5S/c1-52-19-7-6-16-46-81-73-51-67(42-43-68(52)73)78(65-38-32-53(33-39-65)57-24-17-26-59(47-57)61-36-44-69-71(49-61)79(63-28-12-4-13-29-63)74(76-69)55-20-8-2-9-21-55)66-40-34-54(35-41-66)58-25-18-27-60(48-58)62-37-45-70-72(50-62)80(64-30-14-5-15-31-64)75(77-70)56-22-10-3-11-23-56/h2-45,47-51H,1,46H2/b16-6-,19-7-. The first-order chi connectivity index (χ1) is 40.1. The molecule has 0 atom stereocenters. The Labute approximate surface area is 476 Å². The minimum atomic E-state index is 0.869. The molecule has 384 valence electrons. The first-order valence-corrected chi connectivity index (χ1v) is 28.3. The lowest BCUT2D eigenvalue weighted by Crippen LogP contribution is -2.10. The molecule has 2 aromatic heterocycles. The van der Waals surface area contributed by atoms with E-state index in [2.05, 4.69) is 306 Å². The lowest BCUT2D eigenvalue weighted by molar-refractivity contribution is 1.10. The summed E-state index contributed by atoms with van der Waals surface area (Å²) >= 11 is 1.84. The molecular formula is C75H53N5S. The van der Waals surface area contributed by atoms with Crippen molar-refractivity contribution in [1.29, 1.82) is 0 Å². The van der Waals surface area contributed by atoms with Gasteiger partial charge in [-0.2, -0.15) is 0 Å². The fraction of sp³-hybridized carbons (Fsp3) is 0.0133. The van der Waals surface area contributed by atoms with Gasteiger partial charge in [-0.05, 0) is 153 Å². The third-order valence-electron chi connectivity index (χ3n) is 15.2. The molecule has 0 unspecified atom stereocenters. The van der Waals surface area contributed by atoms with E-state index in [9.17, 15) is 0 Å². The fourth-order valence-corrected chi connectivity index (χ4v) is 12.1. The van der Waals surface area contributed by atoms with Crippen LogP contribution in [0.2, 0.25) is 0 Å². The van der Waals surface area contributed by atoms with Gasteiger partial charge in [-0.25, -0.2) is 9.97 Å². The highest BCUT2D eigenvalue weighted by Crippen LogP contribution is 2.42. The summed E-state index contributed by atoms with van der Waals surface area (Å²) in [6, 6.07) is 97.6. The molecule has 0 saturated carbocycles. The van der Waals surface area contributed by atoms with Crippen molar-refractivity contribution in [2.45, 2.75) is 4.90 Å². The quantitative estimate of drug-likeness (QED) is 0.129. The molecule has 0 radical (unpaired) electrons. The maximum Gasteiger partial charge on any atom is 0.145 e. The molecule has 0 aliphatic carbocycles. The summed E-state index contributed by atoms with van der Waals surface area (Å²) in [5.41, 5.74) is 22.8. The first kappa shape index (κ1) is 49.1. The zero-order valence-corrected chi connectivity index (χ0v) is 45.2. The van der Waals surface area contributed by atoms with Gasteiger partial charge in [0.1, 0.15) is 11.6 Å². The van der Waals surface area contributed by atoms with Crippen molar-refractivity contribution in [3.05, 3.63) is 309 Å². The lowest BCUT2D eigenvalue weighted by atomic mass is 9.98. The van der Waals surface area contributed by atoms with Gasteiger partial charge in [0.2, 0.25) is 0 Å². The summed E-state index contributed by atoms with van der Waals surface area (Å²) in [6.07, 6.45) is 8.49. The monoisotopic (exact) mass is 1060 g/mol.